The van der Waals surface area contributed by atoms with Crippen LogP contribution in [0.1, 0.15) is 30.4 Å². The molecule has 0 spiro atoms. The highest BCUT2D eigenvalue weighted by Gasteiger charge is 2.33. The second kappa shape index (κ2) is 4.82. The third-order valence-corrected chi connectivity index (χ3v) is 4.48. The van der Waals surface area contributed by atoms with Crippen LogP contribution in [0.4, 0.5) is 0 Å². The van der Waals surface area contributed by atoms with Gasteiger partial charge >= 0.3 is 0 Å². The first-order valence-corrected chi connectivity index (χ1v) is 7.08. The van der Waals surface area contributed by atoms with Gasteiger partial charge < -0.3 is 15.1 Å². The summed E-state index contributed by atoms with van der Waals surface area (Å²) in [7, 11) is 2.14. The minimum atomic E-state index is 0.128. The van der Waals surface area contributed by atoms with Crippen LogP contribution in [0.5, 0.6) is 0 Å². The normalized spacial score (nSPS) is 23.5. The molecule has 1 heterocycles. The maximum Gasteiger partial charge on any atom is 0.122 e. The molecule has 19 heavy (non-hydrogen) atoms. The van der Waals surface area contributed by atoms with Crippen LogP contribution in [0.15, 0.2) is 24.4 Å². The van der Waals surface area contributed by atoms with E-state index in [1.807, 2.05) is 6.92 Å². The Morgan fingerprint density at radius 1 is 1.53 bits per heavy atom. The second-order valence-corrected chi connectivity index (χ2v) is 5.74. The molecule has 3 N–H and O–H groups in total. The molecule has 3 rings (SSSR count). The van der Waals surface area contributed by atoms with Crippen molar-refractivity contribution < 1.29 is 10.1 Å². The smallest absolute Gasteiger partial charge is 0.122 e. The lowest BCUT2D eigenvalue weighted by Crippen LogP contribution is -2.88. The van der Waals surface area contributed by atoms with E-state index in [-0.39, 0.29) is 5.92 Å². The number of benzene rings is 1. The number of aromatic amines is 1. The van der Waals surface area contributed by atoms with Gasteiger partial charge in [-0.15, -0.1) is 0 Å². The molecule has 0 amide bonds. The molecular formula is C16H21N2O+. The lowest BCUT2D eigenvalue weighted by Gasteiger charge is -2.30. The summed E-state index contributed by atoms with van der Waals surface area (Å²) in [6.45, 7) is 2.02. The first kappa shape index (κ1) is 12.4. The summed E-state index contributed by atoms with van der Waals surface area (Å²) in [6, 6.07) is 7.03. The number of carbonyl (C=O) groups is 1. The fraction of sp³-hybridized carbons (Fsp3) is 0.438. The highest BCUT2D eigenvalue weighted by Crippen LogP contribution is 2.38. The lowest BCUT2D eigenvalue weighted by atomic mass is 9.76. The van der Waals surface area contributed by atoms with Crippen LogP contribution in [0.3, 0.4) is 0 Å². The van der Waals surface area contributed by atoms with Crippen molar-refractivity contribution >= 4 is 17.2 Å². The average Bonchev–Trinajstić information content (AvgIpc) is 2.86. The van der Waals surface area contributed by atoms with Gasteiger partial charge in [0.05, 0.1) is 13.1 Å². The Hall–Kier alpha value is -1.61. The molecule has 0 bridgehead atoms. The fourth-order valence-corrected chi connectivity index (χ4v) is 3.49. The third-order valence-electron chi connectivity index (χ3n) is 4.48. The maximum absolute atomic E-state index is 11.0. The number of H-pyrrole nitrogens is 1. The largest absolute Gasteiger partial charge is 0.361 e. The van der Waals surface area contributed by atoms with E-state index in [1.54, 1.807) is 0 Å². The quantitative estimate of drug-likeness (QED) is 0.803. The van der Waals surface area contributed by atoms with Crippen LogP contribution >= 0.6 is 0 Å². The van der Waals surface area contributed by atoms with Crippen LogP contribution in [0.2, 0.25) is 0 Å². The molecule has 3 heteroatoms. The van der Waals surface area contributed by atoms with E-state index < -0.39 is 0 Å². The molecule has 2 aromatic rings. The molecule has 3 nitrogen and oxygen atoms in total. The predicted octanol–water partition coefficient (Wildman–Crippen LogP) is 1.59. The van der Waals surface area contributed by atoms with Crippen molar-refractivity contribution in [3.63, 3.8) is 0 Å². The zero-order valence-electron chi connectivity index (χ0n) is 11.5. The summed E-state index contributed by atoms with van der Waals surface area (Å²) in [5.74, 6) is 0.598. The highest BCUT2D eigenvalue weighted by molar-refractivity contribution is 5.88. The molecule has 1 aromatic carbocycles. The number of nitrogens with two attached hydrogens (primary N) is 1. The Kier molecular flexibility index (Phi) is 3.15. The number of rotatable bonds is 4. The molecule has 1 unspecified atom stereocenters. The van der Waals surface area contributed by atoms with Crippen molar-refractivity contribution in [2.45, 2.75) is 31.7 Å². The number of nitrogens with one attached hydrogen (secondary N) is 1. The Morgan fingerprint density at radius 3 is 3.11 bits per heavy atom. The van der Waals surface area contributed by atoms with E-state index in [0.717, 1.165) is 19.1 Å². The average molecular weight is 257 g/mol. The molecule has 3 atom stereocenters. The number of aldehydes is 1. The SMILES string of the molecule is C[NH2+][C@@H]1Cc2c[nH]c3cccc(c23)[C@H]1CC(C)C=O. The molecule has 1 aromatic heterocycles. The highest BCUT2D eigenvalue weighted by atomic mass is 16.1. The summed E-state index contributed by atoms with van der Waals surface area (Å²) in [5.41, 5.74) is 4.06. The van der Waals surface area contributed by atoms with Gasteiger partial charge in [0.25, 0.3) is 0 Å². The van der Waals surface area contributed by atoms with Crippen LogP contribution < -0.4 is 5.32 Å². The van der Waals surface area contributed by atoms with Gasteiger partial charge in [0.2, 0.25) is 0 Å². The van der Waals surface area contributed by atoms with Crippen LogP contribution in [-0.4, -0.2) is 24.4 Å². The number of likely N-dealkylation sites (N-methyl/N-ethyl adjacent to an activating group) is 1. The van der Waals surface area contributed by atoms with Crippen molar-refractivity contribution in [3.8, 4) is 0 Å². The molecule has 1 aliphatic carbocycles. The van der Waals surface area contributed by atoms with Gasteiger partial charge in [-0.3, -0.25) is 0 Å². The number of hydrogen-bond donors (Lipinski definition) is 2. The van der Waals surface area contributed by atoms with Gasteiger partial charge in [-0.25, -0.2) is 0 Å². The topological polar surface area (TPSA) is 49.5 Å². The van der Waals surface area contributed by atoms with Crippen molar-refractivity contribution in [3.05, 3.63) is 35.5 Å². The van der Waals surface area contributed by atoms with Crippen molar-refractivity contribution in [1.82, 2.24) is 4.98 Å². The van der Waals surface area contributed by atoms with E-state index in [4.69, 9.17) is 0 Å². The van der Waals surface area contributed by atoms with E-state index in [0.29, 0.717) is 12.0 Å². The minimum Gasteiger partial charge on any atom is -0.361 e. The van der Waals surface area contributed by atoms with Crippen molar-refractivity contribution in [1.29, 1.82) is 0 Å². The number of aromatic nitrogens is 1. The van der Waals surface area contributed by atoms with Crippen molar-refractivity contribution in [2.24, 2.45) is 5.92 Å². The van der Waals surface area contributed by atoms with Gasteiger partial charge in [-0.1, -0.05) is 19.1 Å². The number of hydrogen-bond acceptors (Lipinski definition) is 1. The Labute approximate surface area is 113 Å². The molecule has 0 radical (unpaired) electrons. The van der Waals surface area contributed by atoms with Gasteiger partial charge in [0.1, 0.15) is 6.29 Å². The number of carbonyl (C=O) groups excluding carboxylic acids is 1. The summed E-state index contributed by atoms with van der Waals surface area (Å²) < 4.78 is 0. The summed E-state index contributed by atoms with van der Waals surface area (Å²) in [6.07, 6.45) is 5.26. The maximum atomic E-state index is 11.0. The number of quaternary nitrogens is 1. The Balaban J connectivity index is 2.09. The Morgan fingerprint density at radius 2 is 2.37 bits per heavy atom. The van der Waals surface area contributed by atoms with Crippen LogP contribution in [0.25, 0.3) is 10.9 Å². The standard InChI is InChI=1S/C16H20N2O/c1-10(9-19)6-13-12-4-3-5-14-16(12)11(8-18-14)7-15(13)17-2/h3-5,8-10,13,15,17-18H,6-7H2,1-2H3/p+1/t10?,13-,15-/m1/s1. The van der Waals surface area contributed by atoms with E-state index in [2.05, 4.69) is 41.7 Å². The summed E-state index contributed by atoms with van der Waals surface area (Å²) >= 11 is 0. The van der Waals surface area contributed by atoms with Crippen LogP contribution in [-0.2, 0) is 11.2 Å². The third kappa shape index (κ3) is 1.98. The Bertz CT molecular complexity index is 602. The molecule has 0 saturated heterocycles. The zero-order valence-corrected chi connectivity index (χ0v) is 11.5. The second-order valence-electron chi connectivity index (χ2n) is 5.74. The molecule has 0 aliphatic heterocycles. The molecular weight excluding hydrogens is 236 g/mol. The molecule has 0 saturated carbocycles. The van der Waals surface area contributed by atoms with Gasteiger partial charge in [0, 0.05) is 35.4 Å². The van der Waals surface area contributed by atoms with E-state index >= 15 is 0 Å². The monoisotopic (exact) mass is 257 g/mol. The summed E-state index contributed by atoms with van der Waals surface area (Å²) in [4.78, 5) is 14.4. The van der Waals surface area contributed by atoms with Gasteiger partial charge in [0.15, 0.2) is 0 Å². The van der Waals surface area contributed by atoms with Gasteiger partial charge in [-0.05, 0) is 23.6 Å². The summed E-state index contributed by atoms with van der Waals surface area (Å²) in [5, 5.41) is 3.69. The fourth-order valence-electron chi connectivity index (χ4n) is 3.49. The predicted molar refractivity (Wildman–Crippen MR) is 76.2 cm³/mol. The minimum absolute atomic E-state index is 0.128. The first-order chi connectivity index (χ1) is 9.24. The van der Waals surface area contributed by atoms with Crippen LogP contribution in [0, 0.1) is 5.92 Å². The van der Waals surface area contributed by atoms with Gasteiger partial charge in [-0.2, -0.15) is 0 Å². The molecule has 1 aliphatic rings. The zero-order chi connectivity index (χ0) is 13.4. The lowest BCUT2D eigenvalue weighted by molar-refractivity contribution is -0.666. The molecule has 0 fully saturated rings. The molecule has 100 valence electrons. The van der Waals surface area contributed by atoms with Crippen molar-refractivity contribution in [2.75, 3.05) is 7.05 Å². The van der Waals surface area contributed by atoms with E-state index in [1.165, 1.54) is 22.0 Å². The first-order valence-electron chi connectivity index (χ1n) is 7.08. The van der Waals surface area contributed by atoms with E-state index in [9.17, 15) is 4.79 Å².